The molecule has 122 valence electrons. The Morgan fingerprint density at radius 3 is 2.50 bits per heavy atom. The van der Waals surface area contributed by atoms with Crippen LogP contribution in [0.3, 0.4) is 0 Å². The van der Waals surface area contributed by atoms with E-state index in [4.69, 9.17) is 14.2 Å². The summed E-state index contributed by atoms with van der Waals surface area (Å²) >= 11 is 0. The zero-order valence-corrected chi connectivity index (χ0v) is 13.2. The third-order valence-corrected chi connectivity index (χ3v) is 3.61. The lowest BCUT2D eigenvalue weighted by Gasteiger charge is -2.12. The van der Waals surface area contributed by atoms with Gasteiger partial charge in [-0.25, -0.2) is 0 Å². The minimum absolute atomic E-state index is 0.0613. The Balaban J connectivity index is 1.70. The summed E-state index contributed by atoms with van der Waals surface area (Å²) in [7, 11) is 3.19. The Hall–Kier alpha value is -1.95. The van der Waals surface area contributed by atoms with Crippen molar-refractivity contribution in [2.45, 2.75) is 25.3 Å². The third-order valence-electron chi connectivity index (χ3n) is 3.61. The first kappa shape index (κ1) is 16.4. The van der Waals surface area contributed by atoms with Crippen molar-refractivity contribution in [2.24, 2.45) is 0 Å². The zero-order chi connectivity index (χ0) is 15.8. The number of benzene rings is 1. The van der Waals surface area contributed by atoms with Gasteiger partial charge in [0.2, 0.25) is 5.91 Å². The average Bonchev–Trinajstić information content (AvgIpc) is 3.04. The van der Waals surface area contributed by atoms with Gasteiger partial charge in [0.05, 0.1) is 20.8 Å². The molecule has 1 atom stereocenters. The van der Waals surface area contributed by atoms with Gasteiger partial charge in [-0.2, -0.15) is 0 Å². The molecule has 1 aromatic carbocycles. The fourth-order valence-electron chi connectivity index (χ4n) is 2.45. The van der Waals surface area contributed by atoms with Crippen molar-refractivity contribution in [1.29, 1.82) is 0 Å². The van der Waals surface area contributed by atoms with Crippen molar-refractivity contribution in [2.75, 3.05) is 33.9 Å². The molecule has 2 N–H and O–H groups in total. The van der Waals surface area contributed by atoms with E-state index in [1.54, 1.807) is 32.4 Å². The second-order valence-corrected chi connectivity index (χ2v) is 5.24. The van der Waals surface area contributed by atoms with Crippen LogP contribution in [0.1, 0.15) is 19.3 Å². The molecule has 1 amide bonds. The highest BCUT2D eigenvalue weighted by Crippen LogP contribution is 2.27. The van der Waals surface area contributed by atoms with E-state index in [1.807, 2.05) is 0 Å². The number of carbonyl (C=O) groups is 1. The SMILES string of the molecule is COc1cc(OC)cc(OCCNC(=O)CC2CCCN2)c1. The fraction of sp³-hybridized carbons (Fsp3) is 0.562. The topological polar surface area (TPSA) is 68.8 Å². The van der Waals surface area contributed by atoms with Crippen molar-refractivity contribution in [3.63, 3.8) is 0 Å². The largest absolute Gasteiger partial charge is 0.496 e. The van der Waals surface area contributed by atoms with Gasteiger partial charge in [-0.15, -0.1) is 0 Å². The Labute approximate surface area is 131 Å². The van der Waals surface area contributed by atoms with E-state index in [-0.39, 0.29) is 5.91 Å². The predicted octanol–water partition coefficient (Wildman–Crippen LogP) is 1.34. The average molecular weight is 308 g/mol. The van der Waals surface area contributed by atoms with Crippen LogP contribution in [0.2, 0.25) is 0 Å². The monoisotopic (exact) mass is 308 g/mol. The van der Waals surface area contributed by atoms with E-state index >= 15 is 0 Å². The number of ether oxygens (including phenoxy) is 3. The Kier molecular flexibility index (Phi) is 6.33. The van der Waals surface area contributed by atoms with Gasteiger partial charge in [-0.1, -0.05) is 0 Å². The highest BCUT2D eigenvalue weighted by Gasteiger charge is 2.17. The summed E-state index contributed by atoms with van der Waals surface area (Å²) in [6, 6.07) is 5.67. The van der Waals surface area contributed by atoms with Crippen molar-refractivity contribution in [3.8, 4) is 17.2 Å². The van der Waals surface area contributed by atoms with Gasteiger partial charge in [-0.05, 0) is 19.4 Å². The maximum Gasteiger partial charge on any atom is 0.221 e. The van der Waals surface area contributed by atoms with Crippen LogP contribution in [0.4, 0.5) is 0 Å². The molecule has 1 heterocycles. The maximum absolute atomic E-state index is 11.8. The molecule has 0 spiro atoms. The van der Waals surface area contributed by atoms with E-state index in [0.29, 0.717) is 42.9 Å². The molecule has 0 saturated carbocycles. The number of carbonyl (C=O) groups excluding carboxylic acids is 1. The van der Waals surface area contributed by atoms with Crippen LogP contribution in [0, 0.1) is 0 Å². The highest BCUT2D eigenvalue weighted by molar-refractivity contribution is 5.76. The molecule has 1 fully saturated rings. The summed E-state index contributed by atoms with van der Waals surface area (Å²) in [5.41, 5.74) is 0. The summed E-state index contributed by atoms with van der Waals surface area (Å²) in [5, 5.41) is 6.18. The predicted molar refractivity (Wildman–Crippen MR) is 83.7 cm³/mol. The summed E-state index contributed by atoms with van der Waals surface area (Å²) in [6.45, 7) is 1.89. The van der Waals surface area contributed by atoms with Crippen molar-refractivity contribution >= 4 is 5.91 Å². The number of hydrogen-bond donors (Lipinski definition) is 2. The lowest BCUT2D eigenvalue weighted by molar-refractivity contribution is -0.121. The van der Waals surface area contributed by atoms with Crippen LogP contribution in [0.25, 0.3) is 0 Å². The molecular formula is C16H24N2O4. The number of methoxy groups -OCH3 is 2. The molecule has 1 unspecified atom stereocenters. The lowest BCUT2D eigenvalue weighted by atomic mass is 10.1. The minimum Gasteiger partial charge on any atom is -0.496 e. The Bertz CT molecular complexity index is 465. The van der Waals surface area contributed by atoms with Crippen molar-refractivity contribution in [3.05, 3.63) is 18.2 Å². The number of nitrogens with one attached hydrogen (secondary N) is 2. The molecule has 0 aliphatic carbocycles. The van der Waals surface area contributed by atoms with Gasteiger partial charge in [0.15, 0.2) is 0 Å². The van der Waals surface area contributed by atoms with Gasteiger partial charge >= 0.3 is 0 Å². The van der Waals surface area contributed by atoms with Gasteiger partial charge in [-0.3, -0.25) is 4.79 Å². The first-order valence-corrected chi connectivity index (χ1v) is 7.57. The number of amides is 1. The molecule has 0 aromatic heterocycles. The molecule has 1 saturated heterocycles. The molecular weight excluding hydrogens is 284 g/mol. The van der Waals surface area contributed by atoms with E-state index in [2.05, 4.69) is 10.6 Å². The van der Waals surface area contributed by atoms with Crippen LogP contribution in [-0.2, 0) is 4.79 Å². The molecule has 1 aliphatic heterocycles. The Morgan fingerprint density at radius 2 is 1.91 bits per heavy atom. The summed E-state index contributed by atoms with van der Waals surface area (Å²) in [4.78, 5) is 11.8. The van der Waals surface area contributed by atoms with E-state index < -0.39 is 0 Å². The molecule has 22 heavy (non-hydrogen) atoms. The molecule has 6 heteroatoms. The van der Waals surface area contributed by atoms with Gasteiger partial charge in [0.25, 0.3) is 0 Å². The smallest absolute Gasteiger partial charge is 0.221 e. The number of hydrogen-bond acceptors (Lipinski definition) is 5. The summed E-state index contributed by atoms with van der Waals surface area (Å²) in [5.74, 6) is 2.06. The third kappa shape index (κ3) is 5.11. The van der Waals surface area contributed by atoms with Crippen LogP contribution in [0.5, 0.6) is 17.2 Å². The zero-order valence-electron chi connectivity index (χ0n) is 13.2. The minimum atomic E-state index is 0.0613. The first-order chi connectivity index (χ1) is 10.7. The van der Waals surface area contributed by atoms with Crippen LogP contribution >= 0.6 is 0 Å². The molecule has 0 radical (unpaired) electrons. The lowest BCUT2D eigenvalue weighted by Crippen LogP contribution is -2.33. The van der Waals surface area contributed by atoms with E-state index in [1.165, 1.54) is 0 Å². The van der Waals surface area contributed by atoms with E-state index in [0.717, 1.165) is 19.4 Å². The molecule has 2 rings (SSSR count). The maximum atomic E-state index is 11.8. The quantitative estimate of drug-likeness (QED) is 0.709. The van der Waals surface area contributed by atoms with Crippen LogP contribution in [-0.4, -0.2) is 45.9 Å². The molecule has 1 aliphatic rings. The summed E-state index contributed by atoms with van der Waals surface area (Å²) < 4.78 is 16.0. The van der Waals surface area contributed by atoms with Crippen LogP contribution < -0.4 is 24.8 Å². The second-order valence-electron chi connectivity index (χ2n) is 5.24. The number of rotatable bonds is 8. The normalized spacial score (nSPS) is 17.1. The van der Waals surface area contributed by atoms with Gasteiger partial charge in [0.1, 0.15) is 23.9 Å². The summed E-state index contributed by atoms with van der Waals surface area (Å²) in [6.07, 6.45) is 2.76. The first-order valence-electron chi connectivity index (χ1n) is 7.57. The van der Waals surface area contributed by atoms with E-state index in [9.17, 15) is 4.79 Å². The van der Waals surface area contributed by atoms with Crippen molar-refractivity contribution in [1.82, 2.24) is 10.6 Å². The Morgan fingerprint density at radius 1 is 1.23 bits per heavy atom. The molecule has 6 nitrogen and oxygen atoms in total. The standard InChI is InChI=1S/C16H24N2O4/c1-20-13-9-14(21-2)11-15(10-13)22-7-6-18-16(19)8-12-4-3-5-17-12/h9-12,17H,3-8H2,1-2H3,(H,18,19). The van der Waals surface area contributed by atoms with Gasteiger partial charge in [0, 0.05) is 30.7 Å². The highest BCUT2D eigenvalue weighted by atomic mass is 16.5. The molecule has 0 bridgehead atoms. The van der Waals surface area contributed by atoms with Crippen LogP contribution in [0.15, 0.2) is 18.2 Å². The molecule has 1 aromatic rings. The van der Waals surface area contributed by atoms with Crippen molar-refractivity contribution < 1.29 is 19.0 Å². The second kappa shape index (κ2) is 8.48. The fourth-order valence-corrected chi connectivity index (χ4v) is 2.45. The van der Waals surface area contributed by atoms with Gasteiger partial charge < -0.3 is 24.8 Å².